The van der Waals surface area contributed by atoms with Crippen molar-refractivity contribution in [1.29, 1.82) is 0 Å². The minimum absolute atomic E-state index is 0.122. The summed E-state index contributed by atoms with van der Waals surface area (Å²) in [5, 5.41) is 2.62. The molecule has 1 heterocycles. The van der Waals surface area contributed by atoms with Crippen LogP contribution in [0.1, 0.15) is 5.56 Å². The molecule has 0 bridgehead atoms. The maximum absolute atomic E-state index is 11.8. The molecule has 0 saturated carbocycles. The maximum Gasteiger partial charge on any atom is 0.321 e. The van der Waals surface area contributed by atoms with Gasteiger partial charge < -0.3 is 14.8 Å². The quantitative estimate of drug-likeness (QED) is 0.852. The van der Waals surface area contributed by atoms with Crippen molar-refractivity contribution in [3.05, 3.63) is 48.0 Å². The topological polar surface area (TPSA) is 73.3 Å². The van der Waals surface area contributed by atoms with Crippen LogP contribution in [0, 0.1) is 0 Å². The standard InChI is InChI=1S/C15H15N3O3/c1-20-14-10-12(17-15(18-14)21-2)16-13(19)9-8-11-6-4-3-5-7-11/h3-10H,1-2H3,(H,16,17,18,19). The van der Waals surface area contributed by atoms with Crippen molar-refractivity contribution in [1.82, 2.24) is 9.97 Å². The van der Waals surface area contributed by atoms with Crippen molar-refractivity contribution in [2.24, 2.45) is 0 Å². The van der Waals surface area contributed by atoms with E-state index in [1.807, 2.05) is 30.3 Å². The molecule has 1 aromatic heterocycles. The number of anilines is 1. The molecule has 0 spiro atoms. The van der Waals surface area contributed by atoms with Gasteiger partial charge in [-0.1, -0.05) is 30.3 Å². The fourth-order valence-corrected chi connectivity index (χ4v) is 1.57. The van der Waals surface area contributed by atoms with E-state index < -0.39 is 0 Å². The number of hydrogen-bond donors (Lipinski definition) is 1. The van der Waals surface area contributed by atoms with Gasteiger partial charge in [-0.25, -0.2) is 0 Å². The predicted molar refractivity (Wildman–Crippen MR) is 79.2 cm³/mol. The Hall–Kier alpha value is -2.89. The van der Waals surface area contributed by atoms with Gasteiger partial charge in [0.05, 0.1) is 14.2 Å². The Morgan fingerprint density at radius 2 is 1.90 bits per heavy atom. The summed E-state index contributed by atoms with van der Waals surface area (Å²) in [6.07, 6.45) is 3.14. The smallest absolute Gasteiger partial charge is 0.321 e. The van der Waals surface area contributed by atoms with E-state index in [0.717, 1.165) is 5.56 Å². The van der Waals surface area contributed by atoms with Gasteiger partial charge in [0, 0.05) is 12.1 Å². The first-order valence-electron chi connectivity index (χ1n) is 6.22. The van der Waals surface area contributed by atoms with E-state index in [1.165, 1.54) is 26.4 Å². The average Bonchev–Trinajstić information content (AvgIpc) is 2.53. The first kappa shape index (κ1) is 14.5. The Kier molecular flexibility index (Phi) is 4.87. The number of benzene rings is 1. The van der Waals surface area contributed by atoms with Gasteiger partial charge in [0.25, 0.3) is 0 Å². The second-order valence-electron chi connectivity index (χ2n) is 4.02. The largest absolute Gasteiger partial charge is 0.481 e. The van der Waals surface area contributed by atoms with Gasteiger partial charge >= 0.3 is 6.01 Å². The monoisotopic (exact) mass is 285 g/mol. The molecular weight excluding hydrogens is 270 g/mol. The summed E-state index contributed by atoms with van der Waals surface area (Å²) in [4.78, 5) is 19.8. The number of methoxy groups -OCH3 is 2. The number of nitrogens with one attached hydrogen (secondary N) is 1. The molecule has 2 aromatic rings. The maximum atomic E-state index is 11.8. The van der Waals surface area contributed by atoms with Crippen LogP contribution in [0.5, 0.6) is 11.9 Å². The van der Waals surface area contributed by atoms with Gasteiger partial charge in [0.1, 0.15) is 5.82 Å². The molecule has 0 unspecified atom stereocenters. The Morgan fingerprint density at radius 1 is 1.14 bits per heavy atom. The highest BCUT2D eigenvalue weighted by molar-refractivity contribution is 6.01. The van der Waals surface area contributed by atoms with Gasteiger partial charge in [-0.2, -0.15) is 9.97 Å². The van der Waals surface area contributed by atoms with E-state index >= 15 is 0 Å². The third kappa shape index (κ3) is 4.31. The van der Waals surface area contributed by atoms with Crippen molar-refractivity contribution in [2.75, 3.05) is 19.5 Å². The molecule has 0 atom stereocenters. The van der Waals surface area contributed by atoms with E-state index in [2.05, 4.69) is 15.3 Å². The highest BCUT2D eigenvalue weighted by Gasteiger charge is 2.06. The Labute approximate surface area is 122 Å². The van der Waals surface area contributed by atoms with Crippen LogP contribution in [0.4, 0.5) is 5.82 Å². The zero-order valence-electron chi connectivity index (χ0n) is 11.7. The lowest BCUT2D eigenvalue weighted by Crippen LogP contribution is -2.10. The van der Waals surface area contributed by atoms with Crippen molar-refractivity contribution < 1.29 is 14.3 Å². The summed E-state index contributed by atoms with van der Waals surface area (Å²) in [5.74, 6) is 0.312. The van der Waals surface area contributed by atoms with Crippen LogP contribution in [-0.4, -0.2) is 30.1 Å². The summed E-state index contributed by atoms with van der Waals surface area (Å²) in [5.41, 5.74) is 0.936. The molecule has 1 N–H and O–H groups in total. The van der Waals surface area contributed by atoms with Crippen molar-refractivity contribution in [2.45, 2.75) is 0 Å². The number of nitrogens with zero attached hydrogens (tertiary/aromatic N) is 2. The third-order valence-corrected chi connectivity index (χ3v) is 2.55. The molecule has 0 aliphatic carbocycles. The number of aromatic nitrogens is 2. The molecule has 6 nitrogen and oxygen atoms in total. The normalized spacial score (nSPS) is 10.4. The van der Waals surface area contributed by atoms with E-state index in [0.29, 0.717) is 11.7 Å². The van der Waals surface area contributed by atoms with Crippen molar-refractivity contribution >= 4 is 17.8 Å². The number of amides is 1. The van der Waals surface area contributed by atoms with Gasteiger partial charge in [-0.15, -0.1) is 0 Å². The van der Waals surface area contributed by atoms with E-state index in [1.54, 1.807) is 6.08 Å². The highest BCUT2D eigenvalue weighted by Crippen LogP contribution is 2.16. The van der Waals surface area contributed by atoms with E-state index in [9.17, 15) is 4.79 Å². The number of carbonyl (C=O) groups excluding carboxylic acids is 1. The lowest BCUT2D eigenvalue weighted by atomic mass is 10.2. The summed E-state index contributed by atoms with van der Waals surface area (Å²) >= 11 is 0. The number of carbonyl (C=O) groups is 1. The van der Waals surface area contributed by atoms with Gasteiger partial charge in [-0.05, 0) is 11.6 Å². The Bertz CT molecular complexity index is 620. The van der Waals surface area contributed by atoms with Crippen LogP contribution in [0.15, 0.2) is 42.5 Å². The summed E-state index contributed by atoms with van der Waals surface area (Å²) in [6.45, 7) is 0. The molecule has 1 aromatic carbocycles. The molecule has 0 fully saturated rings. The fourth-order valence-electron chi connectivity index (χ4n) is 1.57. The second kappa shape index (κ2) is 7.04. The summed E-state index contributed by atoms with van der Waals surface area (Å²) in [6, 6.07) is 11.2. The van der Waals surface area contributed by atoms with Crippen LogP contribution in [0.2, 0.25) is 0 Å². The Balaban J connectivity index is 2.07. The molecule has 0 aliphatic rings. The zero-order valence-corrected chi connectivity index (χ0v) is 11.7. The van der Waals surface area contributed by atoms with Gasteiger partial charge in [-0.3, -0.25) is 4.79 Å². The first-order chi connectivity index (χ1) is 10.2. The SMILES string of the molecule is COc1cc(NC(=O)C=Cc2ccccc2)nc(OC)n1. The average molecular weight is 285 g/mol. The molecule has 1 amide bonds. The van der Waals surface area contributed by atoms with Crippen LogP contribution in [0.25, 0.3) is 6.08 Å². The molecule has 108 valence electrons. The lowest BCUT2D eigenvalue weighted by Gasteiger charge is -2.06. The molecule has 0 aliphatic heterocycles. The molecule has 0 radical (unpaired) electrons. The van der Waals surface area contributed by atoms with Crippen molar-refractivity contribution in [3.63, 3.8) is 0 Å². The first-order valence-corrected chi connectivity index (χ1v) is 6.22. The fraction of sp³-hybridized carbons (Fsp3) is 0.133. The second-order valence-corrected chi connectivity index (χ2v) is 4.02. The molecular formula is C15H15N3O3. The molecule has 2 rings (SSSR count). The van der Waals surface area contributed by atoms with Gasteiger partial charge in [0.15, 0.2) is 0 Å². The highest BCUT2D eigenvalue weighted by atomic mass is 16.5. The number of hydrogen-bond acceptors (Lipinski definition) is 5. The van der Waals surface area contributed by atoms with Crippen molar-refractivity contribution in [3.8, 4) is 11.9 Å². The lowest BCUT2D eigenvalue weighted by molar-refractivity contribution is -0.111. The van der Waals surface area contributed by atoms with Crippen LogP contribution in [0.3, 0.4) is 0 Å². The molecule has 0 saturated heterocycles. The van der Waals surface area contributed by atoms with Crippen LogP contribution >= 0.6 is 0 Å². The minimum Gasteiger partial charge on any atom is -0.481 e. The summed E-state index contributed by atoms with van der Waals surface area (Å²) in [7, 11) is 2.92. The molecule has 6 heteroatoms. The van der Waals surface area contributed by atoms with Crippen LogP contribution in [-0.2, 0) is 4.79 Å². The van der Waals surface area contributed by atoms with Crippen LogP contribution < -0.4 is 14.8 Å². The van der Waals surface area contributed by atoms with E-state index in [-0.39, 0.29) is 11.9 Å². The predicted octanol–water partition coefficient (Wildman–Crippen LogP) is 2.15. The van der Waals surface area contributed by atoms with E-state index in [4.69, 9.17) is 9.47 Å². The number of rotatable bonds is 5. The number of ether oxygens (including phenoxy) is 2. The Morgan fingerprint density at radius 3 is 2.57 bits per heavy atom. The third-order valence-electron chi connectivity index (χ3n) is 2.55. The summed E-state index contributed by atoms with van der Waals surface area (Å²) < 4.78 is 9.94. The minimum atomic E-state index is -0.304. The van der Waals surface area contributed by atoms with Gasteiger partial charge in [0.2, 0.25) is 11.8 Å². The molecule has 21 heavy (non-hydrogen) atoms. The zero-order chi connectivity index (χ0) is 15.1.